The Morgan fingerprint density at radius 3 is 2.77 bits per heavy atom. The van der Waals surface area contributed by atoms with Crippen molar-refractivity contribution in [1.29, 1.82) is 0 Å². The molecule has 1 unspecified atom stereocenters. The van der Waals surface area contributed by atoms with Crippen LogP contribution < -0.4 is 11.5 Å². The molecule has 0 heterocycles. The van der Waals surface area contributed by atoms with Crippen LogP contribution >= 0.6 is 0 Å². The van der Waals surface area contributed by atoms with Crippen molar-refractivity contribution < 1.29 is 9.18 Å². The third-order valence-corrected chi connectivity index (χ3v) is 1.71. The van der Waals surface area contributed by atoms with Crippen molar-refractivity contribution >= 4 is 5.91 Å². The van der Waals surface area contributed by atoms with Crippen molar-refractivity contribution in [2.24, 2.45) is 11.5 Å². The van der Waals surface area contributed by atoms with Gasteiger partial charge >= 0.3 is 0 Å². The third kappa shape index (κ3) is 2.83. The summed E-state index contributed by atoms with van der Waals surface area (Å²) in [5.74, 6) is -0.918. The van der Waals surface area contributed by atoms with E-state index in [2.05, 4.69) is 0 Å². The van der Waals surface area contributed by atoms with Crippen LogP contribution in [0, 0.1) is 5.82 Å². The molecule has 0 aliphatic heterocycles. The monoisotopic (exact) mass is 182 g/mol. The highest BCUT2D eigenvalue weighted by Crippen LogP contribution is 2.05. The van der Waals surface area contributed by atoms with Gasteiger partial charge in [0, 0.05) is 0 Å². The highest BCUT2D eigenvalue weighted by Gasteiger charge is 2.09. The molecule has 0 saturated heterocycles. The number of carbonyl (C=O) groups excluding carboxylic acids is 1. The summed E-state index contributed by atoms with van der Waals surface area (Å²) in [6, 6.07) is 5.19. The Morgan fingerprint density at radius 1 is 1.54 bits per heavy atom. The zero-order valence-electron chi connectivity index (χ0n) is 7.03. The van der Waals surface area contributed by atoms with Crippen molar-refractivity contribution in [3.63, 3.8) is 0 Å². The Kier molecular flexibility index (Phi) is 2.97. The van der Waals surface area contributed by atoms with Gasteiger partial charge in [-0.1, -0.05) is 12.1 Å². The molecule has 1 rings (SSSR count). The van der Waals surface area contributed by atoms with E-state index in [1.807, 2.05) is 0 Å². The molecule has 13 heavy (non-hydrogen) atoms. The van der Waals surface area contributed by atoms with E-state index < -0.39 is 11.9 Å². The van der Waals surface area contributed by atoms with Crippen LogP contribution in [0.25, 0.3) is 0 Å². The molecule has 1 atom stereocenters. The average molecular weight is 182 g/mol. The lowest BCUT2D eigenvalue weighted by molar-refractivity contribution is -0.119. The number of primary amides is 1. The van der Waals surface area contributed by atoms with E-state index in [9.17, 15) is 9.18 Å². The Bertz CT molecular complexity index is 314. The second-order valence-electron chi connectivity index (χ2n) is 2.84. The van der Waals surface area contributed by atoms with Gasteiger partial charge in [-0.2, -0.15) is 0 Å². The molecule has 0 aromatic heterocycles. The van der Waals surface area contributed by atoms with E-state index in [0.717, 1.165) is 0 Å². The lowest BCUT2D eigenvalue weighted by atomic mass is 10.1. The smallest absolute Gasteiger partial charge is 0.234 e. The summed E-state index contributed by atoms with van der Waals surface area (Å²) in [7, 11) is 0. The van der Waals surface area contributed by atoms with Gasteiger partial charge in [0.15, 0.2) is 0 Å². The minimum Gasteiger partial charge on any atom is -0.368 e. The molecule has 0 radical (unpaired) electrons. The van der Waals surface area contributed by atoms with Gasteiger partial charge < -0.3 is 11.5 Å². The van der Waals surface area contributed by atoms with Crippen LogP contribution in [0.15, 0.2) is 24.3 Å². The van der Waals surface area contributed by atoms with Crippen molar-refractivity contribution in [1.82, 2.24) is 0 Å². The molecule has 1 aromatic carbocycles. The summed E-state index contributed by atoms with van der Waals surface area (Å²) in [4.78, 5) is 10.6. The number of rotatable bonds is 3. The molecule has 0 spiro atoms. The van der Waals surface area contributed by atoms with Crippen LogP contribution in [0.4, 0.5) is 4.39 Å². The summed E-state index contributed by atoms with van der Waals surface area (Å²) in [6.07, 6.45) is 0.271. The van der Waals surface area contributed by atoms with Crippen LogP contribution in [-0.2, 0) is 11.2 Å². The quantitative estimate of drug-likeness (QED) is 0.700. The number of amides is 1. The van der Waals surface area contributed by atoms with E-state index >= 15 is 0 Å². The highest BCUT2D eigenvalue weighted by atomic mass is 19.1. The van der Waals surface area contributed by atoms with Crippen LogP contribution in [0.3, 0.4) is 0 Å². The molecule has 70 valence electrons. The van der Waals surface area contributed by atoms with Crippen molar-refractivity contribution in [3.8, 4) is 0 Å². The average Bonchev–Trinajstić information content (AvgIpc) is 2.04. The molecule has 0 aliphatic rings. The summed E-state index contributed by atoms with van der Waals surface area (Å²) in [6.45, 7) is 0. The van der Waals surface area contributed by atoms with Gasteiger partial charge in [0.1, 0.15) is 5.82 Å². The van der Waals surface area contributed by atoms with Crippen LogP contribution in [0.5, 0.6) is 0 Å². The van der Waals surface area contributed by atoms with Gasteiger partial charge in [-0.25, -0.2) is 4.39 Å². The van der Waals surface area contributed by atoms with E-state index in [-0.39, 0.29) is 12.2 Å². The summed E-state index contributed by atoms with van der Waals surface area (Å²) in [5, 5.41) is 0. The molecular weight excluding hydrogens is 171 g/mol. The predicted octanol–water partition coefficient (Wildman–Crippen LogP) is 0.181. The van der Waals surface area contributed by atoms with Gasteiger partial charge in [0.25, 0.3) is 0 Å². The topological polar surface area (TPSA) is 69.1 Å². The van der Waals surface area contributed by atoms with Gasteiger partial charge in [-0.15, -0.1) is 0 Å². The number of benzene rings is 1. The highest BCUT2D eigenvalue weighted by molar-refractivity contribution is 5.79. The normalized spacial score (nSPS) is 12.5. The fourth-order valence-electron chi connectivity index (χ4n) is 1.02. The van der Waals surface area contributed by atoms with Crippen molar-refractivity contribution in [3.05, 3.63) is 35.6 Å². The SMILES string of the molecule is NC(=O)C(N)Cc1cccc(F)c1. The molecule has 4 N–H and O–H groups in total. The van der Waals surface area contributed by atoms with Crippen LogP contribution in [0.1, 0.15) is 5.56 Å². The van der Waals surface area contributed by atoms with E-state index in [4.69, 9.17) is 11.5 Å². The second-order valence-corrected chi connectivity index (χ2v) is 2.84. The maximum atomic E-state index is 12.7. The maximum absolute atomic E-state index is 12.7. The molecule has 4 heteroatoms. The Morgan fingerprint density at radius 2 is 2.23 bits per heavy atom. The zero-order chi connectivity index (χ0) is 9.84. The molecule has 0 aliphatic carbocycles. The fourth-order valence-corrected chi connectivity index (χ4v) is 1.02. The first-order chi connectivity index (χ1) is 6.09. The van der Waals surface area contributed by atoms with E-state index in [1.165, 1.54) is 12.1 Å². The first-order valence-electron chi connectivity index (χ1n) is 3.89. The third-order valence-electron chi connectivity index (χ3n) is 1.71. The van der Waals surface area contributed by atoms with E-state index in [1.54, 1.807) is 12.1 Å². The fraction of sp³-hybridized carbons (Fsp3) is 0.222. The first-order valence-corrected chi connectivity index (χ1v) is 3.89. The molecule has 1 aromatic rings. The van der Waals surface area contributed by atoms with Crippen LogP contribution in [-0.4, -0.2) is 11.9 Å². The van der Waals surface area contributed by atoms with Gasteiger partial charge in [0.2, 0.25) is 5.91 Å². The zero-order valence-corrected chi connectivity index (χ0v) is 7.03. The van der Waals surface area contributed by atoms with Crippen LogP contribution in [0.2, 0.25) is 0 Å². The van der Waals surface area contributed by atoms with Gasteiger partial charge in [-0.05, 0) is 24.1 Å². The maximum Gasteiger partial charge on any atom is 0.234 e. The molecule has 0 saturated carbocycles. The lowest BCUT2D eigenvalue weighted by Gasteiger charge is -2.06. The second kappa shape index (κ2) is 4.00. The summed E-state index contributed by atoms with van der Waals surface area (Å²) in [5.41, 5.74) is 11.0. The number of hydrogen-bond acceptors (Lipinski definition) is 2. The predicted molar refractivity (Wildman–Crippen MR) is 47.3 cm³/mol. The summed E-state index contributed by atoms with van der Waals surface area (Å²) >= 11 is 0. The molecule has 0 bridgehead atoms. The van der Waals surface area contributed by atoms with E-state index in [0.29, 0.717) is 5.56 Å². The van der Waals surface area contributed by atoms with Gasteiger partial charge in [0.05, 0.1) is 6.04 Å². The standard InChI is InChI=1S/C9H11FN2O/c10-7-3-1-2-6(4-7)5-8(11)9(12)13/h1-4,8H,5,11H2,(H2,12,13). The Balaban J connectivity index is 2.69. The van der Waals surface area contributed by atoms with Crippen molar-refractivity contribution in [2.45, 2.75) is 12.5 Å². The number of halogens is 1. The molecule has 0 fully saturated rings. The minimum atomic E-state index is -0.748. The van der Waals surface area contributed by atoms with Gasteiger partial charge in [-0.3, -0.25) is 4.79 Å². The molecular formula is C9H11FN2O. The minimum absolute atomic E-state index is 0.271. The lowest BCUT2D eigenvalue weighted by Crippen LogP contribution is -2.38. The number of hydrogen-bond donors (Lipinski definition) is 2. The Hall–Kier alpha value is -1.42. The summed E-state index contributed by atoms with van der Waals surface area (Å²) < 4.78 is 12.7. The Labute approximate surface area is 75.5 Å². The number of nitrogens with two attached hydrogens (primary N) is 2. The largest absolute Gasteiger partial charge is 0.368 e. The molecule has 3 nitrogen and oxygen atoms in total. The number of carbonyl (C=O) groups is 1. The first kappa shape index (κ1) is 9.67. The van der Waals surface area contributed by atoms with Crippen molar-refractivity contribution in [2.75, 3.05) is 0 Å². The molecule has 1 amide bonds.